The maximum atomic E-state index is 12.8. The summed E-state index contributed by atoms with van der Waals surface area (Å²) < 4.78 is 38.8. The van der Waals surface area contributed by atoms with E-state index in [0.717, 1.165) is 19.4 Å². The predicted molar refractivity (Wildman–Crippen MR) is 67.2 cm³/mol. The molecule has 1 aliphatic rings. The Morgan fingerprint density at radius 1 is 1.33 bits per heavy atom. The number of piperidine rings is 1. The van der Waals surface area contributed by atoms with Crippen LogP contribution in [-0.4, -0.2) is 38.9 Å². The fourth-order valence-corrected chi connectivity index (χ4v) is 3.50. The minimum Gasteiger partial charge on any atom is -0.315 e. The molecule has 2 rings (SSSR count). The number of rotatable bonds is 3. The van der Waals surface area contributed by atoms with Crippen molar-refractivity contribution in [1.29, 1.82) is 0 Å². The first-order valence-electron chi connectivity index (χ1n) is 5.96. The Balaban J connectivity index is 2.21. The molecule has 0 amide bonds. The number of hydrogen-bond donors (Lipinski definition) is 1. The van der Waals surface area contributed by atoms with Gasteiger partial charge in [-0.25, -0.2) is 12.8 Å². The van der Waals surface area contributed by atoms with E-state index >= 15 is 0 Å². The third-order valence-electron chi connectivity index (χ3n) is 3.28. The number of nitrogens with one attached hydrogen (secondary N) is 1. The van der Waals surface area contributed by atoms with Crippen LogP contribution in [0.1, 0.15) is 12.8 Å². The van der Waals surface area contributed by atoms with Crippen LogP contribution in [0.3, 0.4) is 0 Å². The van der Waals surface area contributed by atoms with Crippen LogP contribution in [-0.2, 0) is 10.0 Å². The van der Waals surface area contributed by atoms with Crippen molar-refractivity contribution in [2.45, 2.75) is 23.8 Å². The number of nitrogens with zero attached hydrogens (tertiary/aromatic N) is 1. The van der Waals surface area contributed by atoms with Crippen molar-refractivity contribution >= 4 is 10.0 Å². The average Bonchev–Trinajstić information content (AvgIpc) is 2.39. The highest BCUT2D eigenvalue weighted by atomic mass is 32.2. The summed E-state index contributed by atoms with van der Waals surface area (Å²) in [5.41, 5.74) is 0. The zero-order valence-corrected chi connectivity index (χ0v) is 11.1. The molecule has 6 heteroatoms. The fourth-order valence-electron chi connectivity index (χ4n) is 2.11. The molecule has 1 N–H and O–H groups in total. The molecule has 1 aliphatic heterocycles. The van der Waals surface area contributed by atoms with E-state index in [1.807, 2.05) is 0 Å². The van der Waals surface area contributed by atoms with Gasteiger partial charge in [0.2, 0.25) is 10.0 Å². The van der Waals surface area contributed by atoms with Crippen LogP contribution in [0, 0.1) is 5.82 Å². The van der Waals surface area contributed by atoms with Crippen molar-refractivity contribution in [3.05, 3.63) is 30.1 Å². The second-order valence-corrected chi connectivity index (χ2v) is 6.47. The van der Waals surface area contributed by atoms with E-state index in [0.29, 0.717) is 6.54 Å². The Hall–Kier alpha value is -0.980. The molecule has 1 fully saturated rings. The Morgan fingerprint density at radius 3 is 2.56 bits per heavy atom. The van der Waals surface area contributed by atoms with Crippen molar-refractivity contribution in [2.24, 2.45) is 0 Å². The van der Waals surface area contributed by atoms with Gasteiger partial charge >= 0.3 is 0 Å². The SMILES string of the molecule is CN([C@H]1CCCNC1)S(=O)(=O)c1ccc(F)cc1. The average molecular weight is 272 g/mol. The minimum absolute atomic E-state index is 0.0335. The van der Waals surface area contributed by atoms with Crippen LogP contribution in [0.25, 0.3) is 0 Å². The highest BCUT2D eigenvalue weighted by Crippen LogP contribution is 2.19. The van der Waals surface area contributed by atoms with Gasteiger partial charge in [-0.05, 0) is 43.7 Å². The zero-order chi connectivity index (χ0) is 13.2. The van der Waals surface area contributed by atoms with Gasteiger partial charge in [0.1, 0.15) is 5.82 Å². The molecular weight excluding hydrogens is 255 g/mol. The second-order valence-electron chi connectivity index (χ2n) is 4.48. The van der Waals surface area contributed by atoms with Crippen LogP contribution < -0.4 is 5.32 Å². The molecule has 18 heavy (non-hydrogen) atoms. The Morgan fingerprint density at radius 2 is 2.00 bits per heavy atom. The summed E-state index contributed by atoms with van der Waals surface area (Å²) >= 11 is 0. The van der Waals surface area contributed by atoms with Crippen LogP contribution in [0.15, 0.2) is 29.2 Å². The van der Waals surface area contributed by atoms with Gasteiger partial charge in [0.15, 0.2) is 0 Å². The fraction of sp³-hybridized carbons (Fsp3) is 0.500. The molecule has 0 aromatic heterocycles. The van der Waals surface area contributed by atoms with Gasteiger partial charge in [-0.1, -0.05) is 0 Å². The van der Waals surface area contributed by atoms with E-state index < -0.39 is 15.8 Å². The number of halogens is 1. The van der Waals surface area contributed by atoms with Gasteiger partial charge in [0, 0.05) is 19.6 Å². The highest BCUT2D eigenvalue weighted by molar-refractivity contribution is 7.89. The Kier molecular flexibility index (Phi) is 3.99. The molecule has 0 bridgehead atoms. The van der Waals surface area contributed by atoms with E-state index in [4.69, 9.17) is 0 Å². The molecule has 1 atom stereocenters. The van der Waals surface area contributed by atoms with Gasteiger partial charge in [-0.2, -0.15) is 4.31 Å². The van der Waals surface area contributed by atoms with E-state index in [-0.39, 0.29) is 10.9 Å². The largest absolute Gasteiger partial charge is 0.315 e. The van der Waals surface area contributed by atoms with Crippen molar-refractivity contribution in [1.82, 2.24) is 9.62 Å². The van der Waals surface area contributed by atoms with E-state index in [2.05, 4.69) is 5.32 Å². The molecule has 0 radical (unpaired) electrons. The quantitative estimate of drug-likeness (QED) is 0.899. The maximum absolute atomic E-state index is 12.8. The molecular formula is C12H17FN2O2S. The topological polar surface area (TPSA) is 49.4 Å². The predicted octanol–water partition coefficient (Wildman–Crippen LogP) is 1.20. The first-order valence-corrected chi connectivity index (χ1v) is 7.40. The monoisotopic (exact) mass is 272 g/mol. The summed E-state index contributed by atoms with van der Waals surface area (Å²) in [6, 6.07) is 4.91. The van der Waals surface area contributed by atoms with Crippen molar-refractivity contribution in [2.75, 3.05) is 20.1 Å². The van der Waals surface area contributed by atoms with E-state index in [1.165, 1.54) is 28.6 Å². The molecule has 1 saturated heterocycles. The molecule has 1 heterocycles. The number of sulfonamides is 1. The minimum atomic E-state index is -3.53. The third-order valence-corrected chi connectivity index (χ3v) is 5.20. The van der Waals surface area contributed by atoms with Crippen LogP contribution in [0.2, 0.25) is 0 Å². The van der Waals surface area contributed by atoms with Crippen molar-refractivity contribution in [3.63, 3.8) is 0 Å². The molecule has 4 nitrogen and oxygen atoms in total. The summed E-state index contributed by atoms with van der Waals surface area (Å²) in [6.45, 7) is 1.60. The van der Waals surface area contributed by atoms with Gasteiger partial charge in [0.05, 0.1) is 4.90 Å². The first kappa shape index (κ1) is 13.5. The van der Waals surface area contributed by atoms with Crippen molar-refractivity contribution < 1.29 is 12.8 Å². The molecule has 1 aromatic carbocycles. The summed E-state index contributed by atoms with van der Waals surface area (Å²) in [5, 5.41) is 3.18. The van der Waals surface area contributed by atoms with E-state index in [1.54, 1.807) is 7.05 Å². The maximum Gasteiger partial charge on any atom is 0.243 e. The molecule has 100 valence electrons. The van der Waals surface area contributed by atoms with Gasteiger partial charge in [-0.3, -0.25) is 0 Å². The lowest BCUT2D eigenvalue weighted by atomic mass is 10.1. The van der Waals surface area contributed by atoms with Gasteiger partial charge < -0.3 is 5.32 Å². The lowest BCUT2D eigenvalue weighted by Crippen LogP contribution is -2.46. The molecule has 0 aliphatic carbocycles. The molecule has 1 aromatic rings. The van der Waals surface area contributed by atoms with Gasteiger partial charge in [0.25, 0.3) is 0 Å². The Bertz CT molecular complexity index is 495. The number of benzene rings is 1. The van der Waals surface area contributed by atoms with E-state index in [9.17, 15) is 12.8 Å². The van der Waals surface area contributed by atoms with Crippen LogP contribution in [0.5, 0.6) is 0 Å². The normalized spacial score (nSPS) is 21.2. The zero-order valence-electron chi connectivity index (χ0n) is 10.3. The Labute approximate surface area is 107 Å². The molecule has 0 spiro atoms. The summed E-state index contributed by atoms with van der Waals surface area (Å²) in [5.74, 6) is -0.434. The lowest BCUT2D eigenvalue weighted by Gasteiger charge is -2.30. The van der Waals surface area contributed by atoms with Gasteiger partial charge in [-0.15, -0.1) is 0 Å². The smallest absolute Gasteiger partial charge is 0.243 e. The lowest BCUT2D eigenvalue weighted by molar-refractivity contribution is 0.300. The number of hydrogen-bond acceptors (Lipinski definition) is 3. The van der Waals surface area contributed by atoms with Crippen LogP contribution >= 0.6 is 0 Å². The van der Waals surface area contributed by atoms with Crippen molar-refractivity contribution in [3.8, 4) is 0 Å². The second kappa shape index (κ2) is 5.34. The standard InChI is InChI=1S/C12H17FN2O2S/c1-15(11-3-2-8-14-9-11)18(16,17)12-6-4-10(13)5-7-12/h4-7,11,14H,2-3,8-9H2,1H3/t11-/m0/s1. The summed E-state index contributed by atoms with van der Waals surface area (Å²) in [6.07, 6.45) is 1.82. The van der Waals surface area contributed by atoms with Crippen LogP contribution in [0.4, 0.5) is 4.39 Å². The summed E-state index contributed by atoms with van der Waals surface area (Å²) in [4.78, 5) is 0.136. The third kappa shape index (κ3) is 2.71. The number of likely N-dealkylation sites (N-methyl/N-ethyl adjacent to an activating group) is 1. The summed E-state index contributed by atoms with van der Waals surface area (Å²) in [7, 11) is -1.95. The molecule has 0 saturated carbocycles. The molecule has 0 unspecified atom stereocenters. The first-order chi connectivity index (χ1) is 8.51. The highest BCUT2D eigenvalue weighted by Gasteiger charge is 2.28.